The van der Waals surface area contributed by atoms with E-state index in [1.165, 1.54) is 0 Å². The van der Waals surface area contributed by atoms with E-state index >= 15 is 0 Å². The van der Waals surface area contributed by atoms with Gasteiger partial charge in [0.25, 0.3) is 0 Å². The molecule has 3 heteroatoms. The van der Waals surface area contributed by atoms with Gasteiger partial charge < -0.3 is 10.2 Å². The van der Waals surface area contributed by atoms with Crippen molar-refractivity contribution in [3.05, 3.63) is 26.8 Å². The van der Waals surface area contributed by atoms with Gasteiger partial charge in [0.1, 0.15) is 5.75 Å². The summed E-state index contributed by atoms with van der Waals surface area (Å²) in [5, 5.41) is 18.1. The minimum atomic E-state index is -0.0225. The van der Waals surface area contributed by atoms with Crippen LogP contribution in [0.2, 0.25) is 0 Å². The molecule has 0 unspecified atom stereocenters. The Balaban J connectivity index is 3.21. The van der Waals surface area contributed by atoms with Crippen molar-refractivity contribution in [3.8, 4) is 5.75 Å². The molecule has 0 aliphatic rings. The number of aliphatic hydroxyl groups is 1. The molecule has 0 saturated carbocycles. The van der Waals surface area contributed by atoms with Gasteiger partial charge in [-0.25, -0.2) is 0 Å². The molecule has 0 aromatic heterocycles. The van der Waals surface area contributed by atoms with Crippen LogP contribution in [0.4, 0.5) is 0 Å². The molecule has 2 N–H and O–H groups in total. The Kier molecular flexibility index (Phi) is 2.72. The van der Waals surface area contributed by atoms with Crippen molar-refractivity contribution in [2.45, 2.75) is 13.5 Å². The van der Waals surface area contributed by atoms with Gasteiger partial charge in [-0.1, -0.05) is 6.07 Å². The van der Waals surface area contributed by atoms with Crippen LogP contribution in [0.3, 0.4) is 0 Å². The highest BCUT2D eigenvalue weighted by Gasteiger charge is 2.02. The predicted octanol–water partition coefficient (Wildman–Crippen LogP) is 1.80. The zero-order chi connectivity index (χ0) is 8.43. The topological polar surface area (TPSA) is 40.5 Å². The van der Waals surface area contributed by atoms with E-state index in [4.69, 9.17) is 5.11 Å². The van der Waals surface area contributed by atoms with Crippen LogP contribution >= 0.6 is 22.6 Å². The number of phenolic OH excluding ortho intramolecular Hbond substituents is 1. The summed E-state index contributed by atoms with van der Waals surface area (Å²) in [6, 6.07) is 3.44. The monoisotopic (exact) mass is 264 g/mol. The van der Waals surface area contributed by atoms with Crippen LogP contribution in [-0.2, 0) is 6.61 Å². The molecule has 0 aliphatic carbocycles. The summed E-state index contributed by atoms with van der Waals surface area (Å²) >= 11 is 2.07. The third kappa shape index (κ3) is 1.84. The number of aromatic hydroxyl groups is 1. The Morgan fingerprint density at radius 1 is 1.45 bits per heavy atom. The number of aliphatic hydroxyl groups excluding tert-OH is 1. The first-order valence-electron chi connectivity index (χ1n) is 3.24. The highest BCUT2D eigenvalue weighted by molar-refractivity contribution is 14.1. The van der Waals surface area contributed by atoms with Crippen LogP contribution in [0.5, 0.6) is 5.75 Å². The molecular formula is C8H9IO2. The minimum Gasteiger partial charge on any atom is -0.507 e. The minimum absolute atomic E-state index is 0.0225. The number of hydrogen-bond donors (Lipinski definition) is 2. The third-order valence-electron chi connectivity index (χ3n) is 1.48. The van der Waals surface area contributed by atoms with E-state index in [0.717, 1.165) is 14.7 Å². The van der Waals surface area contributed by atoms with Crippen molar-refractivity contribution in [1.29, 1.82) is 0 Å². The second-order valence-electron chi connectivity index (χ2n) is 2.40. The second-order valence-corrected chi connectivity index (χ2v) is 3.48. The number of aryl methyl sites for hydroxylation is 1. The van der Waals surface area contributed by atoms with Crippen molar-refractivity contribution in [3.63, 3.8) is 0 Å². The number of hydrogen-bond acceptors (Lipinski definition) is 2. The van der Waals surface area contributed by atoms with E-state index in [9.17, 15) is 5.11 Å². The van der Waals surface area contributed by atoms with Crippen molar-refractivity contribution in [2.24, 2.45) is 0 Å². The summed E-state index contributed by atoms with van der Waals surface area (Å²) in [4.78, 5) is 0. The number of halogens is 1. The van der Waals surface area contributed by atoms with Crippen LogP contribution in [-0.4, -0.2) is 10.2 Å². The second kappa shape index (κ2) is 3.40. The van der Waals surface area contributed by atoms with Crippen molar-refractivity contribution < 1.29 is 10.2 Å². The molecule has 0 bridgehead atoms. The molecule has 0 atom stereocenters. The van der Waals surface area contributed by atoms with Gasteiger partial charge in [-0.05, 0) is 46.7 Å². The van der Waals surface area contributed by atoms with Gasteiger partial charge in [0.2, 0.25) is 0 Å². The lowest BCUT2D eigenvalue weighted by atomic mass is 10.1. The fourth-order valence-electron chi connectivity index (χ4n) is 0.915. The first-order chi connectivity index (χ1) is 5.15. The lowest BCUT2D eigenvalue weighted by molar-refractivity contribution is 0.281. The summed E-state index contributed by atoms with van der Waals surface area (Å²) in [7, 11) is 0. The van der Waals surface area contributed by atoms with E-state index in [2.05, 4.69) is 22.6 Å². The molecule has 0 fully saturated rings. The molecule has 0 aliphatic heterocycles. The molecule has 1 rings (SSSR count). The Hall–Kier alpha value is -0.290. The third-order valence-corrected chi connectivity index (χ3v) is 2.88. The number of benzene rings is 1. The van der Waals surface area contributed by atoms with E-state index < -0.39 is 0 Å². The first-order valence-corrected chi connectivity index (χ1v) is 4.32. The molecule has 1 aromatic rings. The van der Waals surface area contributed by atoms with E-state index in [0.29, 0.717) is 0 Å². The van der Waals surface area contributed by atoms with Crippen LogP contribution in [0.15, 0.2) is 12.1 Å². The molecule has 2 nitrogen and oxygen atoms in total. The number of rotatable bonds is 1. The highest BCUT2D eigenvalue weighted by Crippen LogP contribution is 2.24. The fraction of sp³-hybridized carbons (Fsp3) is 0.250. The molecule has 1 aromatic carbocycles. The van der Waals surface area contributed by atoms with Crippen LogP contribution in [0, 0.1) is 10.5 Å². The summed E-state index contributed by atoms with van der Waals surface area (Å²) in [6.45, 7) is 1.88. The summed E-state index contributed by atoms with van der Waals surface area (Å²) in [6.07, 6.45) is 0. The van der Waals surface area contributed by atoms with Gasteiger partial charge >= 0.3 is 0 Å². The molecule has 11 heavy (non-hydrogen) atoms. The molecule has 60 valence electrons. The largest absolute Gasteiger partial charge is 0.507 e. The van der Waals surface area contributed by atoms with Gasteiger partial charge in [0, 0.05) is 0 Å². The normalized spacial score (nSPS) is 10.1. The maximum atomic E-state index is 9.29. The summed E-state index contributed by atoms with van der Waals surface area (Å²) in [5.74, 6) is 0.245. The van der Waals surface area contributed by atoms with Crippen molar-refractivity contribution in [2.75, 3.05) is 0 Å². The fourth-order valence-corrected chi connectivity index (χ4v) is 1.23. The maximum Gasteiger partial charge on any atom is 0.129 e. The van der Waals surface area contributed by atoms with Gasteiger partial charge in [-0.2, -0.15) is 0 Å². The lowest BCUT2D eigenvalue weighted by Gasteiger charge is -2.03. The van der Waals surface area contributed by atoms with E-state index in [1.807, 2.05) is 13.0 Å². The van der Waals surface area contributed by atoms with Gasteiger partial charge in [-0.15, -0.1) is 0 Å². The summed E-state index contributed by atoms with van der Waals surface area (Å²) in [5.41, 5.74) is 1.75. The van der Waals surface area contributed by atoms with Gasteiger partial charge in [0.15, 0.2) is 0 Å². The zero-order valence-corrected chi connectivity index (χ0v) is 8.29. The predicted molar refractivity (Wildman–Crippen MR) is 51.5 cm³/mol. The highest BCUT2D eigenvalue weighted by atomic mass is 127. The average Bonchev–Trinajstić information content (AvgIpc) is 1.99. The average molecular weight is 264 g/mol. The maximum absolute atomic E-state index is 9.29. The van der Waals surface area contributed by atoms with Crippen LogP contribution in [0.1, 0.15) is 11.1 Å². The lowest BCUT2D eigenvalue weighted by Crippen LogP contribution is -1.87. The van der Waals surface area contributed by atoms with Gasteiger partial charge in [0.05, 0.1) is 10.2 Å². The molecular weight excluding hydrogens is 255 g/mol. The Morgan fingerprint density at radius 2 is 2.09 bits per heavy atom. The van der Waals surface area contributed by atoms with Crippen LogP contribution < -0.4 is 0 Å². The molecule has 0 heterocycles. The first kappa shape index (κ1) is 8.80. The Morgan fingerprint density at radius 3 is 2.55 bits per heavy atom. The molecule has 0 saturated heterocycles. The van der Waals surface area contributed by atoms with Crippen molar-refractivity contribution >= 4 is 22.6 Å². The zero-order valence-electron chi connectivity index (χ0n) is 6.13. The molecule has 0 spiro atoms. The van der Waals surface area contributed by atoms with Gasteiger partial charge in [-0.3, -0.25) is 0 Å². The smallest absolute Gasteiger partial charge is 0.129 e. The summed E-state index contributed by atoms with van der Waals surface area (Å²) < 4.78 is 0.847. The van der Waals surface area contributed by atoms with Crippen molar-refractivity contribution in [1.82, 2.24) is 0 Å². The molecule has 0 amide bonds. The quantitative estimate of drug-likeness (QED) is 0.759. The SMILES string of the molecule is Cc1cc(CO)cc(O)c1I. The Labute approximate surface area is 79.0 Å². The Bertz CT molecular complexity index is 248. The van der Waals surface area contributed by atoms with Crippen LogP contribution in [0.25, 0.3) is 0 Å². The standard InChI is InChI=1S/C8H9IO2/c1-5-2-6(4-10)3-7(11)8(5)9/h2-3,10-11H,4H2,1H3. The number of phenols is 1. The molecule has 0 radical (unpaired) electrons. The van der Waals surface area contributed by atoms with E-state index in [-0.39, 0.29) is 12.4 Å². The van der Waals surface area contributed by atoms with E-state index in [1.54, 1.807) is 6.07 Å².